The minimum absolute atomic E-state index is 0.0556. The summed E-state index contributed by atoms with van der Waals surface area (Å²) in [6.45, 7) is 0.289. The lowest BCUT2D eigenvalue weighted by Crippen LogP contribution is -2.45. The number of amides is 1. The van der Waals surface area contributed by atoms with E-state index in [2.05, 4.69) is 0 Å². The second kappa shape index (κ2) is 8.26. The molecule has 0 bridgehead atoms. The van der Waals surface area contributed by atoms with E-state index in [0.29, 0.717) is 18.8 Å². The van der Waals surface area contributed by atoms with E-state index in [-0.39, 0.29) is 42.3 Å². The zero-order valence-electron chi connectivity index (χ0n) is 13.8. The zero-order valence-corrected chi connectivity index (χ0v) is 14.6. The van der Waals surface area contributed by atoms with E-state index < -0.39 is 14.8 Å². The van der Waals surface area contributed by atoms with Gasteiger partial charge < -0.3 is 14.4 Å². The van der Waals surface area contributed by atoms with Crippen LogP contribution in [0.15, 0.2) is 24.3 Å². The maximum atomic E-state index is 12.4. The highest BCUT2D eigenvalue weighted by atomic mass is 32.2. The van der Waals surface area contributed by atoms with Gasteiger partial charge in [0.05, 0.1) is 23.0 Å². The number of nitrogens with zero attached hydrogens (tertiary/aromatic N) is 2. The van der Waals surface area contributed by atoms with Gasteiger partial charge in [-0.25, -0.2) is 8.42 Å². The molecule has 0 saturated carbocycles. The molecule has 1 aromatic carbocycles. The number of methoxy groups -OCH3 is 1. The number of benzene rings is 1. The highest BCUT2D eigenvalue weighted by Crippen LogP contribution is 2.20. The molecule has 138 valence electrons. The van der Waals surface area contributed by atoms with Crippen LogP contribution in [0.25, 0.3) is 0 Å². The smallest absolute Gasteiger partial charge is 0.269 e. The molecule has 1 atom stereocenters. The molecule has 0 aliphatic carbocycles. The summed E-state index contributed by atoms with van der Waals surface area (Å²) < 4.78 is 33.7. The van der Waals surface area contributed by atoms with Gasteiger partial charge in [0.2, 0.25) is 0 Å². The molecule has 1 aliphatic rings. The molecule has 0 spiro atoms. The van der Waals surface area contributed by atoms with Crippen LogP contribution in [0.3, 0.4) is 0 Å². The Morgan fingerprint density at radius 3 is 2.56 bits per heavy atom. The molecule has 0 unspecified atom stereocenters. The first kappa shape index (κ1) is 19.1. The summed E-state index contributed by atoms with van der Waals surface area (Å²) in [6.07, 6.45) is 0.398. The van der Waals surface area contributed by atoms with Crippen molar-refractivity contribution < 1.29 is 27.6 Å². The maximum absolute atomic E-state index is 12.4. The van der Waals surface area contributed by atoms with Crippen LogP contribution in [0.1, 0.15) is 6.42 Å². The summed E-state index contributed by atoms with van der Waals surface area (Å²) in [5, 5.41) is 10.6. The number of sulfone groups is 1. The van der Waals surface area contributed by atoms with Gasteiger partial charge in [-0.2, -0.15) is 0 Å². The summed E-state index contributed by atoms with van der Waals surface area (Å²) in [6, 6.07) is 5.00. The first-order chi connectivity index (χ1) is 11.8. The summed E-state index contributed by atoms with van der Waals surface area (Å²) in [5.41, 5.74) is -0.0726. The number of carbonyl (C=O) groups excluding carboxylic acids is 1. The van der Waals surface area contributed by atoms with Gasteiger partial charge >= 0.3 is 0 Å². The summed E-state index contributed by atoms with van der Waals surface area (Å²) in [4.78, 5) is 24.0. The number of ether oxygens (including phenoxy) is 2. The van der Waals surface area contributed by atoms with Gasteiger partial charge in [-0.15, -0.1) is 0 Å². The number of hydrogen-bond acceptors (Lipinski definition) is 7. The number of rotatable bonds is 8. The zero-order chi connectivity index (χ0) is 18.4. The van der Waals surface area contributed by atoms with E-state index in [0.717, 1.165) is 0 Å². The van der Waals surface area contributed by atoms with Gasteiger partial charge in [-0.1, -0.05) is 0 Å². The Kier molecular flexibility index (Phi) is 6.32. The van der Waals surface area contributed by atoms with Crippen LogP contribution in [-0.4, -0.2) is 68.6 Å². The monoisotopic (exact) mass is 372 g/mol. The van der Waals surface area contributed by atoms with E-state index in [9.17, 15) is 23.3 Å². The second-order valence-electron chi connectivity index (χ2n) is 5.68. The van der Waals surface area contributed by atoms with Crippen molar-refractivity contribution in [2.75, 3.05) is 38.4 Å². The summed E-state index contributed by atoms with van der Waals surface area (Å²) >= 11 is 0. The Hall–Kier alpha value is -2.20. The molecule has 9 nitrogen and oxygen atoms in total. The minimum atomic E-state index is -3.12. The lowest BCUT2D eigenvalue weighted by molar-refractivity contribution is -0.384. The normalized spacial score (nSPS) is 18.7. The molecule has 1 fully saturated rings. The number of nitro benzene ring substituents is 1. The van der Waals surface area contributed by atoms with Gasteiger partial charge in [0.15, 0.2) is 16.4 Å². The first-order valence-corrected chi connectivity index (χ1v) is 9.50. The van der Waals surface area contributed by atoms with E-state index in [1.165, 1.54) is 36.3 Å². The molecule has 1 saturated heterocycles. The second-order valence-corrected chi connectivity index (χ2v) is 7.91. The van der Waals surface area contributed by atoms with Crippen LogP contribution in [0.5, 0.6) is 5.75 Å². The SMILES string of the molecule is COCCN(C(=O)COc1ccc([N+](=O)[O-])cc1)[C@H]1CCS(=O)(=O)C1. The Morgan fingerprint density at radius 2 is 2.04 bits per heavy atom. The van der Waals surface area contributed by atoms with E-state index in [1.807, 2.05) is 0 Å². The summed E-state index contributed by atoms with van der Waals surface area (Å²) in [5.74, 6) is -0.0142. The minimum Gasteiger partial charge on any atom is -0.484 e. The quantitative estimate of drug-likeness (QED) is 0.485. The van der Waals surface area contributed by atoms with Crippen molar-refractivity contribution in [1.82, 2.24) is 4.90 Å². The number of hydrogen-bond donors (Lipinski definition) is 0. The fraction of sp³-hybridized carbons (Fsp3) is 0.533. The molecule has 25 heavy (non-hydrogen) atoms. The largest absolute Gasteiger partial charge is 0.484 e. The van der Waals surface area contributed by atoms with Crippen LogP contribution >= 0.6 is 0 Å². The lowest BCUT2D eigenvalue weighted by Gasteiger charge is -2.28. The van der Waals surface area contributed by atoms with Crippen molar-refractivity contribution in [1.29, 1.82) is 0 Å². The standard InChI is InChI=1S/C15H20N2O7S/c1-23-8-7-16(13-6-9-25(21,22)11-13)15(18)10-24-14-4-2-12(3-5-14)17(19)20/h2-5,13H,6-11H2,1H3/t13-/m0/s1. The molecule has 1 aliphatic heterocycles. The molecule has 1 heterocycles. The molecule has 2 rings (SSSR count). The lowest BCUT2D eigenvalue weighted by atomic mass is 10.2. The van der Waals surface area contributed by atoms with Crippen molar-refractivity contribution in [2.24, 2.45) is 0 Å². The molecule has 1 amide bonds. The van der Waals surface area contributed by atoms with Crippen molar-refractivity contribution in [2.45, 2.75) is 12.5 Å². The van der Waals surface area contributed by atoms with E-state index in [4.69, 9.17) is 9.47 Å². The first-order valence-electron chi connectivity index (χ1n) is 7.68. The highest BCUT2D eigenvalue weighted by Gasteiger charge is 2.34. The Morgan fingerprint density at radius 1 is 1.36 bits per heavy atom. The Balaban J connectivity index is 1.97. The number of nitro groups is 1. The third-order valence-corrected chi connectivity index (χ3v) is 5.67. The van der Waals surface area contributed by atoms with Crippen molar-refractivity contribution in [3.05, 3.63) is 34.4 Å². The Labute approximate surface area is 145 Å². The average molecular weight is 372 g/mol. The van der Waals surface area contributed by atoms with Crippen LogP contribution in [0.2, 0.25) is 0 Å². The number of non-ortho nitro benzene ring substituents is 1. The topological polar surface area (TPSA) is 116 Å². The highest BCUT2D eigenvalue weighted by molar-refractivity contribution is 7.91. The van der Waals surface area contributed by atoms with Crippen LogP contribution < -0.4 is 4.74 Å². The third-order valence-electron chi connectivity index (χ3n) is 3.92. The fourth-order valence-corrected chi connectivity index (χ4v) is 4.34. The van der Waals surface area contributed by atoms with E-state index >= 15 is 0 Å². The maximum Gasteiger partial charge on any atom is 0.269 e. The van der Waals surface area contributed by atoms with Gasteiger partial charge in [-0.05, 0) is 18.6 Å². The average Bonchev–Trinajstić information content (AvgIpc) is 2.93. The van der Waals surface area contributed by atoms with Crippen LogP contribution in [0, 0.1) is 10.1 Å². The molecule has 0 aromatic heterocycles. The molecule has 0 radical (unpaired) electrons. The number of carbonyl (C=O) groups is 1. The van der Waals surface area contributed by atoms with E-state index in [1.54, 1.807) is 0 Å². The predicted octanol–water partition coefficient (Wildman–Crippen LogP) is 0.636. The van der Waals surface area contributed by atoms with Crippen molar-refractivity contribution in [3.8, 4) is 5.75 Å². The molecular formula is C15H20N2O7S. The third kappa shape index (κ3) is 5.40. The summed E-state index contributed by atoms with van der Waals surface area (Å²) in [7, 11) is -1.62. The fourth-order valence-electron chi connectivity index (χ4n) is 2.61. The van der Waals surface area contributed by atoms with Crippen LogP contribution in [0.4, 0.5) is 5.69 Å². The van der Waals surface area contributed by atoms with Gasteiger partial charge in [0.25, 0.3) is 11.6 Å². The van der Waals surface area contributed by atoms with Gasteiger partial charge in [0, 0.05) is 31.8 Å². The predicted molar refractivity (Wildman–Crippen MR) is 89.2 cm³/mol. The van der Waals surface area contributed by atoms with Crippen molar-refractivity contribution >= 4 is 21.4 Å². The molecule has 0 N–H and O–H groups in total. The molecule has 10 heteroatoms. The molecule has 1 aromatic rings. The van der Waals surface area contributed by atoms with Crippen molar-refractivity contribution in [3.63, 3.8) is 0 Å². The Bertz CT molecular complexity index is 718. The van der Waals surface area contributed by atoms with Crippen LogP contribution in [-0.2, 0) is 19.4 Å². The van der Waals surface area contributed by atoms with Gasteiger partial charge in [0.1, 0.15) is 5.75 Å². The molecular weight excluding hydrogens is 352 g/mol. The van der Waals surface area contributed by atoms with Gasteiger partial charge in [-0.3, -0.25) is 14.9 Å².